The molecule has 1 fully saturated rings. The molecule has 1 saturated heterocycles. The van der Waals surface area contributed by atoms with Gasteiger partial charge in [0.1, 0.15) is 0 Å². The lowest BCUT2D eigenvalue weighted by Gasteiger charge is -2.09. The molecule has 0 aliphatic carbocycles. The minimum atomic E-state index is -0.0329. The lowest BCUT2D eigenvalue weighted by molar-refractivity contribution is -0.119. The van der Waals surface area contributed by atoms with Crippen LogP contribution in [0.4, 0.5) is 0 Å². The van der Waals surface area contributed by atoms with Crippen LogP contribution in [0.2, 0.25) is 0 Å². The molecule has 7 heteroatoms. The van der Waals surface area contributed by atoms with E-state index in [1.807, 2.05) is 12.1 Å². The largest absolute Gasteiger partial charge is 0.351 e. The van der Waals surface area contributed by atoms with Crippen molar-refractivity contribution in [3.63, 3.8) is 0 Å². The average Bonchev–Trinajstić information content (AvgIpc) is 3.08. The minimum Gasteiger partial charge on any atom is -0.351 e. The lowest BCUT2D eigenvalue weighted by Crippen LogP contribution is -2.21. The van der Waals surface area contributed by atoms with E-state index in [9.17, 15) is 4.79 Å². The van der Waals surface area contributed by atoms with Crippen molar-refractivity contribution in [2.75, 3.05) is 6.54 Å². The van der Waals surface area contributed by atoms with Gasteiger partial charge in [0.15, 0.2) is 5.82 Å². The van der Waals surface area contributed by atoms with Crippen LogP contribution in [0, 0.1) is 0 Å². The quantitative estimate of drug-likeness (QED) is 0.905. The van der Waals surface area contributed by atoms with E-state index in [-0.39, 0.29) is 11.9 Å². The van der Waals surface area contributed by atoms with E-state index in [0.717, 1.165) is 28.5 Å². The molecule has 118 valence electrons. The molecule has 1 unspecified atom stereocenters. The highest BCUT2D eigenvalue weighted by Gasteiger charge is 2.20. The third kappa shape index (κ3) is 3.72. The van der Waals surface area contributed by atoms with E-state index in [1.54, 1.807) is 11.3 Å². The van der Waals surface area contributed by atoms with Gasteiger partial charge in [-0.1, -0.05) is 18.0 Å². The van der Waals surface area contributed by atoms with E-state index in [2.05, 4.69) is 20.8 Å². The van der Waals surface area contributed by atoms with Crippen LogP contribution < -0.4 is 10.6 Å². The first-order chi connectivity index (χ1) is 10.7. The van der Waals surface area contributed by atoms with Gasteiger partial charge in [-0.2, -0.15) is 4.98 Å². The molecule has 1 aliphatic rings. The van der Waals surface area contributed by atoms with E-state index in [4.69, 9.17) is 4.52 Å². The summed E-state index contributed by atoms with van der Waals surface area (Å²) < 4.78 is 5.41. The molecule has 22 heavy (non-hydrogen) atoms. The van der Waals surface area contributed by atoms with Crippen molar-refractivity contribution < 1.29 is 9.32 Å². The number of rotatable bonds is 4. The summed E-state index contributed by atoms with van der Waals surface area (Å²) in [7, 11) is 0. The molecule has 1 atom stereocenters. The Bertz CT molecular complexity index is 629. The van der Waals surface area contributed by atoms with Crippen molar-refractivity contribution in [2.24, 2.45) is 0 Å². The summed E-state index contributed by atoms with van der Waals surface area (Å²) in [6.45, 7) is 3.05. The Balaban J connectivity index is 1.69. The molecular formula is C15H20N4O2S. The Morgan fingerprint density at radius 2 is 2.36 bits per heavy atom. The zero-order chi connectivity index (χ0) is 15.4. The number of nitrogens with zero attached hydrogens (tertiary/aromatic N) is 2. The molecule has 0 saturated carbocycles. The highest BCUT2D eigenvalue weighted by Crippen LogP contribution is 2.28. The smallest absolute Gasteiger partial charge is 0.268 e. The van der Waals surface area contributed by atoms with E-state index < -0.39 is 0 Å². The normalized spacial score (nSPS) is 18.9. The summed E-state index contributed by atoms with van der Waals surface area (Å²) in [6, 6.07) is 4.13. The van der Waals surface area contributed by atoms with E-state index in [0.29, 0.717) is 12.4 Å². The van der Waals surface area contributed by atoms with Crippen LogP contribution in [0.5, 0.6) is 0 Å². The predicted octanol–water partition coefficient (Wildman–Crippen LogP) is 2.64. The molecule has 3 heterocycles. The van der Waals surface area contributed by atoms with Gasteiger partial charge in [0.2, 0.25) is 5.91 Å². The van der Waals surface area contributed by atoms with Gasteiger partial charge in [-0.3, -0.25) is 4.79 Å². The van der Waals surface area contributed by atoms with Gasteiger partial charge in [0.25, 0.3) is 5.89 Å². The second-order valence-electron chi connectivity index (χ2n) is 5.49. The van der Waals surface area contributed by atoms with Crippen molar-refractivity contribution in [1.82, 2.24) is 20.8 Å². The van der Waals surface area contributed by atoms with Gasteiger partial charge < -0.3 is 15.2 Å². The molecule has 0 aromatic carbocycles. The van der Waals surface area contributed by atoms with Crippen LogP contribution in [-0.4, -0.2) is 22.6 Å². The Morgan fingerprint density at radius 3 is 3.23 bits per heavy atom. The molecule has 0 bridgehead atoms. The number of hydrogen-bond acceptors (Lipinski definition) is 6. The Kier molecular flexibility index (Phi) is 4.84. The molecule has 1 amide bonds. The van der Waals surface area contributed by atoms with Gasteiger partial charge in [0, 0.05) is 11.8 Å². The van der Waals surface area contributed by atoms with Crippen LogP contribution in [0.25, 0.3) is 10.8 Å². The molecule has 3 rings (SSSR count). The number of carbonyl (C=O) groups is 1. The van der Waals surface area contributed by atoms with Gasteiger partial charge in [0.05, 0.1) is 17.5 Å². The first-order valence-electron chi connectivity index (χ1n) is 7.63. The zero-order valence-corrected chi connectivity index (χ0v) is 13.4. The van der Waals surface area contributed by atoms with Crippen LogP contribution in [0.15, 0.2) is 16.7 Å². The summed E-state index contributed by atoms with van der Waals surface area (Å²) in [5.41, 5.74) is 0. The highest BCUT2D eigenvalue weighted by molar-refractivity contribution is 7.15. The van der Waals surface area contributed by atoms with Crippen molar-refractivity contribution in [3.05, 3.63) is 22.8 Å². The van der Waals surface area contributed by atoms with Crippen molar-refractivity contribution in [3.8, 4) is 10.8 Å². The summed E-state index contributed by atoms with van der Waals surface area (Å²) in [6.07, 6.45) is 4.71. The Hall–Kier alpha value is -1.73. The third-order valence-electron chi connectivity index (χ3n) is 3.70. The maximum atomic E-state index is 10.9. The number of carbonyl (C=O) groups excluding carboxylic acids is 1. The van der Waals surface area contributed by atoms with E-state index >= 15 is 0 Å². The highest BCUT2D eigenvalue weighted by atomic mass is 32.1. The first kappa shape index (κ1) is 15.2. The number of hydrogen-bond donors (Lipinski definition) is 2. The molecule has 6 nitrogen and oxygen atoms in total. The van der Waals surface area contributed by atoms with Crippen molar-refractivity contribution in [1.29, 1.82) is 0 Å². The fourth-order valence-corrected chi connectivity index (χ4v) is 3.39. The lowest BCUT2D eigenvalue weighted by atomic mass is 10.1. The number of thiophene rings is 1. The number of aromatic nitrogens is 2. The predicted molar refractivity (Wildman–Crippen MR) is 84.3 cm³/mol. The van der Waals surface area contributed by atoms with E-state index in [1.165, 1.54) is 26.2 Å². The van der Waals surface area contributed by atoms with Crippen molar-refractivity contribution >= 4 is 17.2 Å². The van der Waals surface area contributed by atoms with Crippen LogP contribution in [-0.2, 0) is 11.3 Å². The first-order valence-corrected chi connectivity index (χ1v) is 8.44. The monoisotopic (exact) mass is 320 g/mol. The van der Waals surface area contributed by atoms with Crippen LogP contribution in [0.3, 0.4) is 0 Å². The summed E-state index contributed by atoms with van der Waals surface area (Å²) in [4.78, 5) is 17.5. The second kappa shape index (κ2) is 7.02. The van der Waals surface area contributed by atoms with Crippen LogP contribution >= 0.6 is 11.3 Å². The molecule has 0 radical (unpaired) electrons. The number of amides is 1. The Labute approximate surface area is 133 Å². The Morgan fingerprint density at radius 1 is 1.45 bits per heavy atom. The average molecular weight is 320 g/mol. The maximum absolute atomic E-state index is 10.9. The minimum absolute atomic E-state index is 0.0329. The molecule has 2 aromatic heterocycles. The molecular weight excluding hydrogens is 300 g/mol. The topological polar surface area (TPSA) is 80.0 Å². The van der Waals surface area contributed by atoms with Crippen molar-refractivity contribution in [2.45, 2.75) is 45.2 Å². The van der Waals surface area contributed by atoms with Gasteiger partial charge >= 0.3 is 0 Å². The van der Waals surface area contributed by atoms with Gasteiger partial charge in [-0.15, -0.1) is 11.3 Å². The summed E-state index contributed by atoms with van der Waals surface area (Å²) in [5, 5.41) is 10.4. The maximum Gasteiger partial charge on any atom is 0.268 e. The SMILES string of the molecule is CC(=O)NCc1ccc(-c2nc(C3CCCCCN3)no2)s1. The second-order valence-corrected chi connectivity index (χ2v) is 6.66. The molecule has 0 spiro atoms. The molecule has 2 aromatic rings. The number of nitrogens with one attached hydrogen (secondary N) is 2. The fourth-order valence-electron chi connectivity index (χ4n) is 2.52. The molecule has 1 aliphatic heterocycles. The summed E-state index contributed by atoms with van der Waals surface area (Å²) >= 11 is 1.56. The standard InChI is InChI=1S/C15H20N4O2S/c1-10(20)17-9-11-6-7-13(22-11)15-18-14(19-21-15)12-5-3-2-4-8-16-12/h6-7,12,16H,2-5,8-9H2,1H3,(H,17,20). The summed E-state index contributed by atoms with van der Waals surface area (Å²) in [5.74, 6) is 1.27. The van der Waals surface area contributed by atoms with Crippen LogP contribution in [0.1, 0.15) is 49.4 Å². The van der Waals surface area contributed by atoms with Gasteiger partial charge in [-0.25, -0.2) is 0 Å². The third-order valence-corrected chi connectivity index (χ3v) is 4.77. The van der Waals surface area contributed by atoms with Gasteiger partial charge in [-0.05, 0) is 31.5 Å². The zero-order valence-electron chi connectivity index (χ0n) is 12.6. The fraction of sp³-hybridized carbons (Fsp3) is 0.533. The molecule has 2 N–H and O–H groups in total.